The van der Waals surface area contributed by atoms with E-state index in [9.17, 15) is 0 Å². The lowest BCUT2D eigenvalue weighted by Gasteiger charge is -2.16. The smallest absolute Gasteiger partial charge is 0.166 e. The number of fused-ring (bicyclic) bond motifs is 1. The van der Waals surface area contributed by atoms with Gasteiger partial charge in [-0.2, -0.15) is 0 Å². The number of rotatable bonds is 1. The molecule has 0 bridgehead atoms. The SMILES string of the molecule is S=C1NCC(C2Cc3ccc(Br)cc3C2)N1. The average Bonchev–Trinajstić information content (AvgIpc) is 2.83. The predicted octanol–water partition coefficient (Wildman–Crippen LogP) is 2.01. The summed E-state index contributed by atoms with van der Waals surface area (Å²) in [6.45, 7) is 0.971. The third-order valence-corrected chi connectivity index (χ3v) is 4.26. The summed E-state index contributed by atoms with van der Waals surface area (Å²) in [5.41, 5.74) is 2.98. The molecule has 0 spiro atoms. The first-order valence-electron chi connectivity index (χ1n) is 5.54. The molecule has 1 saturated heterocycles. The van der Waals surface area contributed by atoms with E-state index in [0.29, 0.717) is 12.0 Å². The van der Waals surface area contributed by atoms with E-state index in [1.54, 1.807) is 0 Å². The topological polar surface area (TPSA) is 24.1 Å². The van der Waals surface area contributed by atoms with Crippen LogP contribution in [-0.2, 0) is 12.8 Å². The molecule has 1 aromatic rings. The number of hydrogen-bond donors (Lipinski definition) is 2. The van der Waals surface area contributed by atoms with Gasteiger partial charge in [0.2, 0.25) is 0 Å². The maximum Gasteiger partial charge on any atom is 0.166 e. The molecule has 2 atom stereocenters. The molecule has 1 heterocycles. The highest BCUT2D eigenvalue weighted by Gasteiger charge is 2.31. The van der Waals surface area contributed by atoms with E-state index in [4.69, 9.17) is 12.2 Å². The van der Waals surface area contributed by atoms with Gasteiger partial charge in [-0.1, -0.05) is 22.0 Å². The van der Waals surface area contributed by atoms with Crippen molar-refractivity contribution < 1.29 is 0 Å². The lowest BCUT2D eigenvalue weighted by molar-refractivity contribution is 0.432. The first kappa shape index (κ1) is 10.5. The summed E-state index contributed by atoms with van der Waals surface area (Å²) in [5.74, 6) is 0.678. The molecule has 3 rings (SSSR count). The second-order valence-corrected chi connectivity index (χ2v) is 5.87. The van der Waals surface area contributed by atoms with Gasteiger partial charge in [0.1, 0.15) is 0 Å². The fourth-order valence-electron chi connectivity index (χ4n) is 2.66. The molecule has 4 heteroatoms. The first-order valence-corrected chi connectivity index (χ1v) is 6.74. The van der Waals surface area contributed by atoms with Crippen molar-refractivity contribution in [3.63, 3.8) is 0 Å². The number of benzene rings is 1. The predicted molar refractivity (Wildman–Crippen MR) is 72.6 cm³/mol. The lowest BCUT2D eigenvalue weighted by atomic mass is 9.97. The van der Waals surface area contributed by atoms with Crippen molar-refractivity contribution in [3.8, 4) is 0 Å². The molecule has 16 heavy (non-hydrogen) atoms. The van der Waals surface area contributed by atoms with Crippen molar-refractivity contribution in [1.29, 1.82) is 0 Å². The van der Waals surface area contributed by atoms with Crippen LogP contribution in [0.1, 0.15) is 11.1 Å². The van der Waals surface area contributed by atoms with Crippen LogP contribution in [0.5, 0.6) is 0 Å². The minimum Gasteiger partial charge on any atom is -0.361 e. The van der Waals surface area contributed by atoms with Gasteiger partial charge in [-0.05, 0) is 54.2 Å². The first-order chi connectivity index (χ1) is 7.72. The van der Waals surface area contributed by atoms with E-state index in [1.807, 2.05) is 0 Å². The zero-order valence-corrected chi connectivity index (χ0v) is 11.2. The summed E-state index contributed by atoms with van der Waals surface area (Å²) in [6.07, 6.45) is 2.33. The van der Waals surface area contributed by atoms with Crippen LogP contribution in [0.15, 0.2) is 22.7 Å². The van der Waals surface area contributed by atoms with Gasteiger partial charge in [-0.15, -0.1) is 0 Å². The summed E-state index contributed by atoms with van der Waals surface area (Å²) < 4.78 is 1.18. The van der Waals surface area contributed by atoms with Gasteiger partial charge < -0.3 is 10.6 Å². The van der Waals surface area contributed by atoms with E-state index in [2.05, 4.69) is 44.8 Å². The van der Waals surface area contributed by atoms with Crippen molar-refractivity contribution in [2.45, 2.75) is 18.9 Å². The van der Waals surface area contributed by atoms with Crippen molar-refractivity contribution in [2.24, 2.45) is 5.92 Å². The van der Waals surface area contributed by atoms with Crippen LogP contribution < -0.4 is 10.6 Å². The van der Waals surface area contributed by atoms with Crippen molar-refractivity contribution in [1.82, 2.24) is 10.6 Å². The van der Waals surface area contributed by atoms with Crippen LogP contribution in [-0.4, -0.2) is 17.7 Å². The van der Waals surface area contributed by atoms with E-state index >= 15 is 0 Å². The van der Waals surface area contributed by atoms with Crippen LogP contribution in [0.25, 0.3) is 0 Å². The lowest BCUT2D eigenvalue weighted by Crippen LogP contribution is -2.34. The summed E-state index contributed by atoms with van der Waals surface area (Å²) in [7, 11) is 0. The zero-order chi connectivity index (χ0) is 11.1. The zero-order valence-electron chi connectivity index (χ0n) is 8.79. The molecular weight excluding hydrogens is 284 g/mol. The van der Waals surface area contributed by atoms with Gasteiger partial charge in [0.15, 0.2) is 5.11 Å². The maximum atomic E-state index is 5.11. The average molecular weight is 297 g/mol. The standard InChI is InChI=1S/C12H13BrN2S/c13-10-2-1-7-3-9(4-8(7)5-10)11-6-14-12(16)15-11/h1-2,5,9,11H,3-4,6H2,(H2,14,15,16). The van der Waals surface area contributed by atoms with Crippen LogP contribution in [0, 0.1) is 5.92 Å². The maximum absolute atomic E-state index is 5.11. The third-order valence-electron chi connectivity index (χ3n) is 3.50. The Labute approximate surface area is 109 Å². The normalized spacial score (nSPS) is 27.4. The molecule has 84 valence electrons. The van der Waals surface area contributed by atoms with Crippen LogP contribution in [0.4, 0.5) is 0 Å². The minimum atomic E-state index is 0.499. The summed E-state index contributed by atoms with van der Waals surface area (Å²) in [4.78, 5) is 0. The van der Waals surface area contributed by atoms with Gasteiger partial charge in [0.25, 0.3) is 0 Å². The van der Waals surface area contributed by atoms with E-state index < -0.39 is 0 Å². The molecule has 0 aromatic heterocycles. The summed E-state index contributed by atoms with van der Waals surface area (Å²) in [5, 5.41) is 7.36. The summed E-state index contributed by atoms with van der Waals surface area (Å²) in [6, 6.07) is 7.11. The number of halogens is 1. The molecule has 2 unspecified atom stereocenters. The van der Waals surface area contributed by atoms with Crippen molar-refractivity contribution in [2.75, 3.05) is 6.54 Å². The Hall–Kier alpha value is -0.610. The fourth-order valence-corrected chi connectivity index (χ4v) is 3.31. The van der Waals surface area contributed by atoms with Gasteiger partial charge in [-0.3, -0.25) is 0 Å². The van der Waals surface area contributed by atoms with E-state index in [1.165, 1.54) is 22.0 Å². The van der Waals surface area contributed by atoms with E-state index in [0.717, 1.165) is 18.1 Å². The molecule has 1 fully saturated rings. The Balaban J connectivity index is 1.77. The Morgan fingerprint density at radius 2 is 2.06 bits per heavy atom. The van der Waals surface area contributed by atoms with Crippen LogP contribution >= 0.6 is 28.1 Å². The minimum absolute atomic E-state index is 0.499. The van der Waals surface area contributed by atoms with Crippen LogP contribution in [0.2, 0.25) is 0 Å². The molecule has 1 aliphatic carbocycles. The second kappa shape index (κ2) is 4.00. The molecule has 0 saturated carbocycles. The molecule has 2 N–H and O–H groups in total. The molecule has 2 aliphatic rings. The van der Waals surface area contributed by atoms with Crippen molar-refractivity contribution >= 4 is 33.3 Å². The van der Waals surface area contributed by atoms with Gasteiger partial charge >= 0.3 is 0 Å². The van der Waals surface area contributed by atoms with Crippen molar-refractivity contribution in [3.05, 3.63) is 33.8 Å². The fraction of sp³-hybridized carbons (Fsp3) is 0.417. The highest BCUT2D eigenvalue weighted by atomic mass is 79.9. The Bertz CT molecular complexity index is 447. The molecule has 0 radical (unpaired) electrons. The van der Waals surface area contributed by atoms with Crippen LogP contribution in [0.3, 0.4) is 0 Å². The van der Waals surface area contributed by atoms with Gasteiger partial charge in [-0.25, -0.2) is 0 Å². The molecule has 0 amide bonds. The monoisotopic (exact) mass is 296 g/mol. The highest BCUT2D eigenvalue weighted by Crippen LogP contribution is 2.31. The summed E-state index contributed by atoms with van der Waals surface area (Å²) >= 11 is 8.64. The number of hydrogen-bond acceptors (Lipinski definition) is 1. The number of thiocarbonyl (C=S) groups is 1. The van der Waals surface area contributed by atoms with Gasteiger partial charge in [0.05, 0.1) is 0 Å². The highest BCUT2D eigenvalue weighted by molar-refractivity contribution is 9.10. The van der Waals surface area contributed by atoms with E-state index in [-0.39, 0.29) is 0 Å². The number of nitrogens with one attached hydrogen (secondary N) is 2. The molecule has 1 aliphatic heterocycles. The Morgan fingerprint density at radius 1 is 1.25 bits per heavy atom. The molecule has 2 nitrogen and oxygen atoms in total. The molecular formula is C12H13BrN2S. The Morgan fingerprint density at radius 3 is 2.81 bits per heavy atom. The third kappa shape index (κ3) is 1.84. The van der Waals surface area contributed by atoms with Gasteiger partial charge in [0, 0.05) is 17.1 Å². The quantitative estimate of drug-likeness (QED) is 0.776. The largest absolute Gasteiger partial charge is 0.361 e. The molecule has 1 aromatic carbocycles. The Kier molecular flexibility index (Phi) is 2.64. The second-order valence-electron chi connectivity index (χ2n) is 4.54.